The van der Waals surface area contributed by atoms with E-state index in [0.29, 0.717) is 13.2 Å². The Morgan fingerprint density at radius 1 is 1.37 bits per heavy atom. The summed E-state index contributed by atoms with van der Waals surface area (Å²) < 4.78 is 10.8. The summed E-state index contributed by atoms with van der Waals surface area (Å²) in [6.45, 7) is 6.82. The maximum Gasteiger partial charge on any atom is 0.159 e. The molecule has 1 aromatic carbocycles. The van der Waals surface area contributed by atoms with Crippen molar-refractivity contribution in [2.24, 2.45) is 0 Å². The second-order valence-electron chi connectivity index (χ2n) is 4.26. The van der Waals surface area contributed by atoms with Gasteiger partial charge in [-0.1, -0.05) is 24.8 Å². The highest BCUT2D eigenvalue weighted by molar-refractivity contribution is 7.80. The van der Waals surface area contributed by atoms with Gasteiger partial charge in [-0.05, 0) is 56.1 Å². The van der Waals surface area contributed by atoms with Gasteiger partial charge in [0.05, 0.1) is 6.61 Å². The van der Waals surface area contributed by atoms with Gasteiger partial charge in [0, 0.05) is 6.42 Å². The van der Waals surface area contributed by atoms with Crippen LogP contribution in [-0.2, 0) is 11.2 Å². The Morgan fingerprint density at radius 3 is 2.95 bits per heavy atom. The van der Waals surface area contributed by atoms with E-state index in [1.54, 1.807) is 6.08 Å². The first-order valence-electron chi connectivity index (χ1n) is 6.74. The van der Waals surface area contributed by atoms with Gasteiger partial charge in [0.2, 0.25) is 0 Å². The maximum atomic E-state index is 5.51. The van der Waals surface area contributed by atoms with Gasteiger partial charge in [-0.15, -0.1) is 0 Å². The Labute approximate surface area is 121 Å². The average Bonchev–Trinajstić information content (AvgIpc) is 2.42. The Hall–Kier alpha value is -1.35. The van der Waals surface area contributed by atoms with Crippen molar-refractivity contribution in [2.45, 2.75) is 32.6 Å². The number of hydrogen-bond acceptors (Lipinski definition) is 3. The molecule has 0 unspecified atom stereocenters. The Morgan fingerprint density at radius 2 is 2.21 bits per heavy atom. The minimum absolute atomic E-state index is 0.548. The first-order chi connectivity index (χ1) is 9.26. The summed E-state index contributed by atoms with van der Waals surface area (Å²) >= 11 is 5.10. The zero-order chi connectivity index (χ0) is 13.9. The molecule has 19 heavy (non-hydrogen) atoms. The molecule has 2 nitrogen and oxygen atoms in total. The molecule has 0 saturated carbocycles. The molecule has 0 saturated heterocycles. The van der Waals surface area contributed by atoms with Crippen molar-refractivity contribution in [1.82, 2.24) is 0 Å². The summed E-state index contributed by atoms with van der Waals surface area (Å²) in [5.41, 5.74) is 1.30. The largest absolute Gasteiger partial charge is 0.490 e. The summed E-state index contributed by atoms with van der Waals surface area (Å²) in [4.78, 5) is 0. The lowest BCUT2D eigenvalue weighted by Gasteiger charge is -2.07. The molecule has 0 aromatic heterocycles. The van der Waals surface area contributed by atoms with Gasteiger partial charge in [0.15, 0.2) is 5.05 Å². The molecule has 0 fully saturated rings. The Kier molecular flexibility index (Phi) is 7.91. The molecule has 0 amide bonds. The second kappa shape index (κ2) is 9.56. The Bertz CT molecular complexity index is 401. The van der Waals surface area contributed by atoms with Gasteiger partial charge in [-0.3, -0.25) is 0 Å². The molecule has 1 rings (SSSR count). The molecular weight excluding hydrogens is 256 g/mol. The van der Waals surface area contributed by atoms with E-state index in [-0.39, 0.29) is 0 Å². The van der Waals surface area contributed by atoms with Gasteiger partial charge < -0.3 is 9.47 Å². The number of benzene rings is 1. The van der Waals surface area contributed by atoms with Gasteiger partial charge in [-0.2, -0.15) is 0 Å². The number of rotatable bonds is 9. The monoisotopic (exact) mass is 278 g/mol. The number of ether oxygens (including phenoxy) is 2. The summed E-state index contributed by atoms with van der Waals surface area (Å²) in [5, 5.41) is 0.727. The van der Waals surface area contributed by atoms with Crippen molar-refractivity contribution in [1.29, 1.82) is 0 Å². The van der Waals surface area contributed by atoms with Crippen LogP contribution in [0.2, 0.25) is 0 Å². The highest BCUT2D eigenvalue weighted by Crippen LogP contribution is 2.15. The van der Waals surface area contributed by atoms with Crippen molar-refractivity contribution >= 4 is 17.3 Å². The highest BCUT2D eigenvalue weighted by atomic mass is 32.1. The van der Waals surface area contributed by atoms with E-state index in [0.717, 1.165) is 36.5 Å². The third kappa shape index (κ3) is 6.97. The van der Waals surface area contributed by atoms with Crippen molar-refractivity contribution < 1.29 is 9.47 Å². The van der Waals surface area contributed by atoms with Gasteiger partial charge in [-0.25, -0.2) is 0 Å². The smallest absolute Gasteiger partial charge is 0.159 e. The molecule has 0 bridgehead atoms. The number of hydrogen-bond donors (Lipinski definition) is 0. The molecule has 0 heterocycles. The maximum absolute atomic E-state index is 5.51. The number of aryl methyl sites for hydroxylation is 1. The third-order valence-electron chi connectivity index (χ3n) is 2.67. The fraction of sp³-hybridized carbons (Fsp3) is 0.438. The van der Waals surface area contributed by atoms with Crippen LogP contribution in [0.1, 0.15) is 31.7 Å². The van der Waals surface area contributed by atoms with Crippen LogP contribution in [0.4, 0.5) is 0 Å². The topological polar surface area (TPSA) is 18.5 Å². The van der Waals surface area contributed by atoms with Crippen molar-refractivity contribution in [2.75, 3.05) is 13.2 Å². The molecule has 0 atom stereocenters. The van der Waals surface area contributed by atoms with E-state index in [1.165, 1.54) is 5.56 Å². The summed E-state index contributed by atoms with van der Waals surface area (Å²) in [5.74, 6) is 0.905. The minimum atomic E-state index is 0.548. The molecule has 0 N–H and O–H groups in total. The number of thiocarbonyl (C=S) groups is 1. The van der Waals surface area contributed by atoms with E-state index < -0.39 is 0 Å². The van der Waals surface area contributed by atoms with Gasteiger partial charge >= 0.3 is 0 Å². The lowest BCUT2D eigenvalue weighted by Crippen LogP contribution is -2.01. The van der Waals surface area contributed by atoms with Crippen molar-refractivity contribution in [3.8, 4) is 5.75 Å². The van der Waals surface area contributed by atoms with Crippen LogP contribution in [0.15, 0.2) is 36.9 Å². The molecule has 3 heteroatoms. The summed E-state index contributed by atoms with van der Waals surface area (Å²) in [6.07, 6.45) is 5.84. The normalized spacial score (nSPS) is 9.95. The molecule has 0 aliphatic rings. The van der Waals surface area contributed by atoms with Crippen LogP contribution in [0, 0.1) is 0 Å². The van der Waals surface area contributed by atoms with Crippen molar-refractivity contribution in [3.63, 3.8) is 0 Å². The fourth-order valence-electron chi connectivity index (χ4n) is 1.78. The van der Waals surface area contributed by atoms with Crippen LogP contribution in [0.5, 0.6) is 5.75 Å². The molecule has 0 radical (unpaired) electrons. The quantitative estimate of drug-likeness (QED) is 0.380. The molecule has 104 valence electrons. The second-order valence-corrected chi connectivity index (χ2v) is 4.71. The molecule has 0 aliphatic heterocycles. The Balaban J connectivity index is 2.28. The van der Waals surface area contributed by atoms with E-state index in [2.05, 4.69) is 18.7 Å². The van der Waals surface area contributed by atoms with Crippen LogP contribution in [0.25, 0.3) is 0 Å². The van der Waals surface area contributed by atoms with Gasteiger partial charge in [0.1, 0.15) is 12.4 Å². The van der Waals surface area contributed by atoms with Gasteiger partial charge in [0.25, 0.3) is 0 Å². The molecule has 0 spiro atoms. The van der Waals surface area contributed by atoms with E-state index in [1.807, 2.05) is 19.1 Å². The summed E-state index contributed by atoms with van der Waals surface area (Å²) in [7, 11) is 0. The lowest BCUT2D eigenvalue weighted by molar-refractivity contribution is 0.325. The minimum Gasteiger partial charge on any atom is -0.490 e. The number of unbranched alkanes of at least 4 members (excludes halogenated alkanes) is 1. The highest BCUT2D eigenvalue weighted by Gasteiger charge is 1.99. The first kappa shape index (κ1) is 15.7. The lowest BCUT2D eigenvalue weighted by atomic mass is 10.1. The standard InChI is InChI=1S/C16H22O2S/c1-3-12-18-15-10-7-9-14(13-15)8-5-6-11-16(19)17-4-2/h3,7,9-10,13H,1,4-6,8,11-12H2,2H3. The van der Waals surface area contributed by atoms with E-state index in [9.17, 15) is 0 Å². The van der Waals surface area contributed by atoms with Crippen LogP contribution in [-0.4, -0.2) is 18.3 Å². The summed E-state index contributed by atoms with van der Waals surface area (Å²) in [6, 6.07) is 8.21. The zero-order valence-corrected chi connectivity index (χ0v) is 12.4. The zero-order valence-electron chi connectivity index (χ0n) is 11.6. The third-order valence-corrected chi connectivity index (χ3v) is 2.99. The van der Waals surface area contributed by atoms with E-state index >= 15 is 0 Å². The molecule has 1 aromatic rings. The van der Waals surface area contributed by atoms with Crippen LogP contribution in [0.3, 0.4) is 0 Å². The van der Waals surface area contributed by atoms with Crippen molar-refractivity contribution in [3.05, 3.63) is 42.5 Å². The van der Waals surface area contributed by atoms with Crippen LogP contribution < -0.4 is 4.74 Å². The van der Waals surface area contributed by atoms with Crippen LogP contribution >= 0.6 is 12.2 Å². The van der Waals surface area contributed by atoms with E-state index in [4.69, 9.17) is 21.7 Å². The average molecular weight is 278 g/mol. The first-order valence-corrected chi connectivity index (χ1v) is 7.15. The molecular formula is C16H22O2S. The fourth-order valence-corrected chi connectivity index (χ4v) is 2.04. The predicted octanol–water partition coefficient (Wildman–Crippen LogP) is 4.33. The SMILES string of the molecule is C=CCOc1cccc(CCCCC(=S)OCC)c1. The molecule has 0 aliphatic carbocycles. The predicted molar refractivity (Wildman–Crippen MR) is 83.9 cm³/mol.